The van der Waals surface area contributed by atoms with Crippen LogP contribution in [0.4, 0.5) is 0 Å². The van der Waals surface area contributed by atoms with Crippen LogP contribution in [-0.2, 0) is 11.3 Å². The predicted molar refractivity (Wildman–Crippen MR) is 62.6 cm³/mol. The lowest BCUT2D eigenvalue weighted by Gasteiger charge is -2.17. The van der Waals surface area contributed by atoms with Crippen LogP contribution >= 0.6 is 0 Å². The molecule has 0 fully saturated rings. The van der Waals surface area contributed by atoms with Crippen LogP contribution in [0.1, 0.15) is 31.5 Å². The van der Waals surface area contributed by atoms with Crippen molar-refractivity contribution in [2.75, 3.05) is 0 Å². The van der Waals surface area contributed by atoms with Crippen molar-refractivity contribution < 1.29 is 4.79 Å². The Bertz CT molecular complexity index is 348. The van der Waals surface area contributed by atoms with E-state index in [1.807, 2.05) is 20.8 Å². The molecule has 1 heterocycles. The summed E-state index contributed by atoms with van der Waals surface area (Å²) in [6, 6.07) is -0.433. The number of carbonyl (C=O) groups excluding carboxylic acids is 1. The topological polar surface area (TPSA) is 83.8 Å². The van der Waals surface area contributed by atoms with Crippen LogP contribution in [0.3, 0.4) is 0 Å². The van der Waals surface area contributed by atoms with Crippen molar-refractivity contribution in [2.45, 2.75) is 39.8 Å². The largest absolute Gasteiger partial charge is 0.351 e. The maximum absolute atomic E-state index is 11.7. The van der Waals surface area contributed by atoms with E-state index in [1.54, 1.807) is 6.20 Å². The van der Waals surface area contributed by atoms with Gasteiger partial charge in [0, 0.05) is 17.8 Å². The predicted octanol–water partition coefficient (Wildman–Crippen LogP) is 0.708. The van der Waals surface area contributed by atoms with Crippen LogP contribution in [0, 0.1) is 12.8 Å². The number of aromatic amines is 1. The summed E-state index contributed by atoms with van der Waals surface area (Å²) in [6.07, 6.45) is 2.61. The second kappa shape index (κ2) is 5.65. The number of nitrogens with zero attached hydrogens (tertiary/aromatic N) is 1. The van der Waals surface area contributed by atoms with E-state index in [0.29, 0.717) is 6.54 Å². The number of aromatic nitrogens is 2. The second-order valence-electron chi connectivity index (χ2n) is 4.15. The molecule has 0 radical (unpaired) electrons. The number of rotatable bonds is 5. The first-order valence-corrected chi connectivity index (χ1v) is 5.58. The summed E-state index contributed by atoms with van der Waals surface area (Å²) in [4.78, 5) is 11.7. The molecule has 0 aromatic carbocycles. The fraction of sp³-hybridized carbons (Fsp3) is 0.636. The van der Waals surface area contributed by atoms with E-state index in [2.05, 4.69) is 15.5 Å². The van der Waals surface area contributed by atoms with Crippen molar-refractivity contribution in [3.8, 4) is 0 Å². The molecule has 0 aliphatic carbocycles. The Morgan fingerprint density at radius 2 is 2.38 bits per heavy atom. The summed E-state index contributed by atoms with van der Waals surface area (Å²) in [5.41, 5.74) is 7.77. The minimum atomic E-state index is -0.433. The van der Waals surface area contributed by atoms with Crippen molar-refractivity contribution in [3.05, 3.63) is 17.5 Å². The fourth-order valence-electron chi connectivity index (χ4n) is 1.37. The highest BCUT2D eigenvalue weighted by Gasteiger charge is 2.19. The Morgan fingerprint density at radius 3 is 2.88 bits per heavy atom. The molecule has 0 saturated heterocycles. The van der Waals surface area contributed by atoms with Crippen molar-refractivity contribution in [3.63, 3.8) is 0 Å². The monoisotopic (exact) mass is 224 g/mol. The SMILES string of the molecule is CCC(C)[C@H](N)C(=O)NCc1cn[nH]c1C. The van der Waals surface area contributed by atoms with Crippen LogP contribution in [0.5, 0.6) is 0 Å². The molecule has 1 aromatic heterocycles. The molecule has 5 heteroatoms. The number of hydrogen-bond donors (Lipinski definition) is 3. The van der Waals surface area contributed by atoms with E-state index in [1.165, 1.54) is 0 Å². The fourth-order valence-corrected chi connectivity index (χ4v) is 1.37. The van der Waals surface area contributed by atoms with Gasteiger partial charge in [-0.25, -0.2) is 0 Å². The lowest BCUT2D eigenvalue weighted by Crippen LogP contribution is -2.44. The van der Waals surface area contributed by atoms with Crippen molar-refractivity contribution in [1.82, 2.24) is 15.5 Å². The number of carbonyl (C=O) groups is 1. The average Bonchev–Trinajstić information content (AvgIpc) is 2.69. The summed E-state index contributed by atoms with van der Waals surface area (Å²) < 4.78 is 0. The summed E-state index contributed by atoms with van der Waals surface area (Å²) in [7, 11) is 0. The molecule has 90 valence electrons. The van der Waals surface area contributed by atoms with Gasteiger partial charge in [0.05, 0.1) is 12.2 Å². The van der Waals surface area contributed by atoms with Gasteiger partial charge >= 0.3 is 0 Å². The van der Waals surface area contributed by atoms with E-state index in [4.69, 9.17) is 5.73 Å². The van der Waals surface area contributed by atoms with Gasteiger partial charge in [-0.15, -0.1) is 0 Å². The number of hydrogen-bond acceptors (Lipinski definition) is 3. The van der Waals surface area contributed by atoms with Crippen LogP contribution in [0.25, 0.3) is 0 Å². The first-order chi connectivity index (χ1) is 7.56. The molecule has 1 rings (SSSR count). The molecule has 0 bridgehead atoms. The minimum absolute atomic E-state index is 0.102. The van der Waals surface area contributed by atoms with Gasteiger partial charge in [-0.2, -0.15) is 5.10 Å². The van der Waals surface area contributed by atoms with Gasteiger partial charge in [0.25, 0.3) is 0 Å². The number of nitrogens with two attached hydrogens (primary N) is 1. The zero-order valence-corrected chi connectivity index (χ0v) is 10.1. The lowest BCUT2D eigenvalue weighted by atomic mass is 9.99. The number of aryl methyl sites for hydroxylation is 1. The van der Waals surface area contributed by atoms with Gasteiger partial charge in [-0.1, -0.05) is 20.3 Å². The molecule has 0 saturated carbocycles. The molecule has 0 aliphatic rings. The Kier molecular flexibility index (Phi) is 4.49. The smallest absolute Gasteiger partial charge is 0.237 e. The Morgan fingerprint density at radius 1 is 1.69 bits per heavy atom. The highest BCUT2D eigenvalue weighted by molar-refractivity contribution is 5.81. The first kappa shape index (κ1) is 12.7. The molecule has 1 aromatic rings. The molecule has 1 amide bonds. The van der Waals surface area contributed by atoms with Crippen LogP contribution in [-0.4, -0.2) is 22.1 Å². The third-order valence-corrected chi connectivity index (χ3v) is 2.95. The van der Waals surface area contributed by atoms with Crippen LogP contribution in [0.2, 0.25) is 0 Å². The summed E-state index contributed by atoms with van der Waals surface area (Å²) in [6.45, 7) is 6.40. The quantitative estimate of drug-likeness (QED) is 0.688. The normalized spacial score (nSPS) is 14.5. The van der Waals surface area contributed by atoms with Gasteiger partial charge < -0.3 is 11.1 Å². The molecule has 4 N–H and O–H groups in total. The molecule has 1 unspecified atom stereocenters. The molecular weight excluding hydrogens is 204 g/mol. The second-order valence-corrected chi connectivity index (χ2v) is 4.15. The minimum Gasteiger partial charge on any atom is -0.351 e. The van der Waals surface area contributed by atoms with Crippen molar-refractivity contribution in [1.29, 1.82) is 0 Å². The lowest BCUT2D eigenvalue weighted by molar-refractivity contribution is -0.123. The zero-order chi connectivity index (χ0) is 12.1. The number of nitrogens with one attached hydrogen (secondary N) is 2. The Balaban J connectivity index is 2.44. The molecule has 5 nitrogen and oxygen atoms in total. The average molecular weight is 224 g/mol. The van der Waals surface area contributed by atoms with Crippen LogP contribution in [0.15, 0.2) is 6.20 Å². The van der Waals surface area contributed by atoms with Gasteiger partial charge in [-0.3, -0.25) is 9.89 Å². The highest BCUT2D eigenvalue weighted by atomic mass is 16.2. The molecule has 0 spiro atoms. The van der Waals surface area contributed by atoms with Gasteiger partial charge in [0.2, 0.25) is 5.91 Å². The standard InChI is InChI=1S/C11H20N4O/c1-4-7(2)10(12)11(16)13-5-9-6-14-15-8(9)3/h6-7,10H,4-5,12H2,1-3H3,(H,13,16)(H,14,15)/t7?,10-/m0/s1. The van der Waals surface area contributed by atoms with E-state index in [9.17, 15) is 4.79 Å². The van der Waals surface area contributed by atoms with E-state index >= 15 is 0 Å². The maximum Gasteiger partial charge on any atom is 0.237 e. The number of H-pyrrole nitrogens is 1. The summed E-state index contributed by atoms with van der Waals surface area (Å²) >= 11 is 0. The van der Waals surface area contributed by atoms with Gasteiger partial charge in [-0.05, 0) is 12.8 Å². The van der Waals surface area contributed by atoms with Gasteiger partial charge in [0.1, 0.15) is 0 Å². The summed E-state index contributed by atoms with van der Waals surface area (Å²) in [5, 5.41) is 9.53. The van der Waals surface area contributed by atoms with E-state index in [0.717, 1.165) is 17.7 Å². The third-order valence-electron chi connectivity index (χ3n) is 2.95. The molecule has 16 heavy (non-hydrogen) atoms. The van der Waals surface area contributed by atoms with Crippen molar-refractivity contribution >= 4 is 5.91 Å². The van der Waals surface area contributed by atoms with Crippen LogP contribution < -0.4 is 11.1 Å². The van der Waals surface area contributed by atoms with Crippen molar-refractivity contribution in [2.24, 2.45) is 11.7 Å². The Labute approximate surface area is 95.8 Å². The molecule has 2 atom stereocenters. The first-order valence-electron chi connectivity index (χ1n) is 5.58. The summed E-state index contributed by atoms with van der Waals surface area (Å²) in [5.74, 6) is 0.0976. The third kappa shape index (κ3) is 3.06. The van der Waals surface area contributed by atoms with E-state index < -0.39 is 6.04 Å². The zero-order valence-electron chi connectivity index (χ0n) is 10.1. The Hall–Kier alpha value is -1.36. The van der Waals surface area contributed by atoms with E-state index in [-0.39, 0.29) is 11.8 Å². The number of amides is 1. The maximum atomic E-state index is 11.7. The van der Waals surface area contributed by atoms with Gasteiger partial charge in [0.15, 0.2) is 0 Å². The molecular formula is C11H20N4O. The molecule has 0 aliphatic heterocycles. The highest BCUT2D eigenvalue weighted by Crippen LogP contribution is 2.06.